The maximum absolute atomic E-state index is 13.6. The molecule has 1 aliphatic rings. The largest absolute Gasteiger partial charge is 0.302 e. The number of halogens is 1. The van der Waals surface area contributed by atoms with Gasteiger partial charge in [-0.2, -0.15) is 0 Å². The molecule has 1 amide bonds. The molecule has 0 fully saturated rings. The summed E-state index contributed by atoms with van der Waals surface area (Å²) in [5.74, 6) is -0.440. The number of carbonyl (C=O) groups is 1. The number of nitrogens with zero attached hydrogens (tertiary/aromatic N) is 1. The number of hydrogen-bond acceptors (Lipinski definition) is 1. The van der Waals surface area contributed by atoms with E-state index in [9.17, 15) is 9.18 Å². The molecule has 3 aromatic rings. The van der Waals surface area contributed by atoms with Crippen molar-refractivity contribution in [3.8, 4) is 0 Å². The molecule has 1 aliphatic heterocycles. The normalized spacial score (nSPS) is 20.2. The molecule has 2 nitrogen and oxygen atoms in total. The first-order valence-electron chi connectivity index (χ1n) is 9.99. The van der Waals surface area contributed by atoms with Gasteiger partial charge in [0, 0.05) is 22.2 Å². The molecule has 0 aromatic heterocycles. The second-order valence-corrected chi connectivity index (χ2v) is 8.86. The summed E-state index contributed by atoms with van der Waals surface area (Å²) in [5, 5.41) is 0. The van der Waals surface area contributed by atoms with Crippen molar-refractivity contribution in [1.82, 2.24) is 0 Å². The number of amides is 1. The summed E-state index contributed by atoms with van der Waals surface area (Å²) < 4.78 is 13.4. The molecule has 3 aromatic carbocycles. The molecule has 0 bridgehead atoms. The molecule has 148 valence electrons. The molecule has 0 aliphatic carbocycles. The molecule has 0 spiro atoms. The zero-order chi connectivity index (χ0) is 20.8. The van der Waals surface area contributed by atoms with Gasteiger partial charge in [-0.3, -0.25) is 4.79 Å². The van der Waals surface area contributed by atoms with E-state index in [0.29, 0.717) is 5.56 Å². The average Bonchev–Trinajstić information content (AvgIpc) is 2.68. The highest BCUT2D eigenvalue weighted by atomic mass is 19.1. The molecule has 0 unspecified atom stereocenters. The highest BCUT2D eigenvalue weighted by Crippen LogP contribution is 2.51. The van der Waals surface area contributed by atoms with E-state index in [-0.39, 0.29) is 17.1 Å². The third-order valence-corrected chi connectivity index (χ3v) is 6.09. The minimum Gasteiger partial charge on any atom is -0.302 e. The number of aryl methyl sites for hydroxylation is 1. The number of carbonyl (C=O) groups excluding carboxylic acids is 1. The Morgan fingerprint density at radius 3 is 2.24 bits per heavy atom. The molecule has 0 N–H and O–H groups in total. The highest BCUT2D eigenvalue weighted by Gasteiger charge is 2.47. The Morgan fingerprint density at radius 1 is 0.931 bits per heavy atom. The second kappa shape index (κ2) is 6.84. The number of rotatable bonds is 2. The van der Waals surface area contributed by atoms with Crippen LogP contribution in [0.2, 0.25) is 0 Å². The van der Waals surface area contributed by atoms with Gasteiger partial charge >= 0.3 is 0 Å². The molecule has 1 atom stereocenters. The molecule has 0 radical (unpaired) electrons. The first kappa shape index (κ1) is 19.4. The fourth-order valence-electron chi connectivity index (χ4n) is 4.83. The minimum absolute atomic E-state index is 0.100. The number of hydrogen-bond donors (Lipinski definition) is 0. The summed E-state index contributed by atoms with van der Waals surface area (Å²) in [6.07, 6.45) is 0.785. The van der Waals surface area contributed by atoms with Crippen molar-refractivity contribution in [1.29, 1.82) is 0 Å². The zero-order valence-electron chi connectivity index (χ0n) is 17.4. The summed E-state index contributed by atoms with van der Waals surface area (Å²) in [7, 11) is 0. The van der Waals surface area contributed by atoms with Gasteiger partial charge in [0.1, 0.15) is 5.82 Å². The summed E-state index contributed by atoms with van der Waals surface area (Å²) in [6.45, 7) is 8.53. The smallest absolute Gasteiger partial charge is 0.258 e. The molecule has 4 rings (SSSR count). The van der Waals surface area contributed by atoms with Crippen LogP contribution in [0.15, 0.2) is 72.8 Å². The first-order chi connectivity index (χ1) is 13.7. The fourth-order valence-corrected chi connectivity index (χ4v) is 4.83. The number of benzene rings is 3. The molecule has 29 heavy (non-hydrogen) atoms. The quantitative estimate of drug-likeness (QED) is 0.507. The van der Waals surface area contributed by atoms with Gasteiger partial charge in [-0.25, -0.2) is 4.39 Å². The predicted molar refractivity (Wildman–Crippen MR) is 116 cm³/mol. The Kier molecular flexibility index (Phi) is 4.57. The summed E-state index contributed by atoms with van der Waals surface area (Å²) >= 11 is 0. The van der Waals surface area contributed by atoms with Gasteiger partial charge in [-0.05, 0) is 74.2 Å². The van der Waals surface area contributed by atoms with Crippen molar-refractivity contribution in [2.24, 2.45) is 0 Å². The van der Waals surface area contributed by atoms with Crippen molar-refractivity contribution >= 4 is 11.6 Å². The maximum atomic E-state index is 13.6. The van der Waals surface area contributed by atoms with Crippen LogP contribution in [-0.2, 0) is 5.41 Å². The number of fused-ring (bicyclic) bond motifs is 1. The first-order valence-corrected chi connectivity index (χ1v) is 9.99. The van der Waals surface area contributed by atoms with Gasteiger partial charge < -0.3 is 4.90 Å². The van der Waals surface area contributed by atoms with Crippen LogP contribution in [-0.4, -0.2) is 11.4 Å². The van der Waals surface area contributed by atoms with Crippen LogP contribution in [0.5, 0.6) is 0 Å². The standard InChI is InChI=1S/C26H26FNO/c1-18-10-15-22-23(16-18)28(24(29)19-11-13-21(27)14-12-19)25(2,3)17-26(22,4)20-8-6-5-7-9-20/h5-16H,17H2,1-4H3/t26-/m0/s1. The molecule has 0 saturated heterocycles. The Labute approximate surface area is 172 Å². The third kappa shape index (κ3) is 3.25. The fraction of sp³-hybridized carbons (Fsp3) is 0.269. The van der Waals surface area contributed by atoms with Gasteiger partial charge in [0.15, 0.2) is 0 Å². The average molecular weight is 387 g/mol. The third-order valence-electron chi connectivity index (χ3n) is 6.09. The molecular formula is C26H26FNO. The zero-order valence-corrected chi connectivity index (χ0v) is 17.4. The summed E-state index contributed by atoms with van der Waals surface area (Å²) in [6, 6.07) is 22.7. The summed E-state index contributed by atoms with van der Waals surface area (Å²) in [4.78, 5) is 15.4. The summed E-state index contributed by atoms with van der Waals surface area (Å²) in [5.41, 5.74) is 4.28. The van der Waals surface area contributed by atoms with E-state index in [1.165, 1.54) is 17.7 Å². The SMILES string of the molecule is Cc1ccc2c(c1)N(C(=O)c1ccc(F)cc1)C(C)(C)C[C@@]2(C)c1ccccc1. The molecular weight excluding hydrogens is 361 g/mol. The van der Waals surface area contributed by atoms with E-state index in [1.807, 2.05) is 17.9 Å². The van der Waals surface area contributed by atoms with Gasteiger partial charge in [0.05, 0.1) is 0 Å². The van der Waals surface area contributed by atoms with Crippen LogP contribution >= 0.6 is 0 Å². The molecule has 1 heterocycles. The van der Waals surface area contributed by atoms with Crippen LogP contribution in [0.25, 0.3) is 0 Å². The Morgan fingerprint density at radius 2 is 1.59 bits per heavy atom. The Balaban J connectivity index is 1.91. The van der Waals surface area contributed by atoms with Crippen LogP contribution < -0.4 is 4.90 Å². The monoisotopic (exact) mass is 387 g/mol. The second-order valence-electron chi connectivity index (χ2n) is 8.86. The van der Waals surface area contributed by atoms with Crippen molar-refractivity contribution in [2.45, 2.75) is 45.1 Å². The van der Waals surface area contributed by atoms with Gasteiger partial charge in [0.2, 0.25) is 0 Å². The van der Waals surface area contributed by atoms with E-state index in [1.54, 1.807) is 12.1 Å². The van der Waals surface area contributed by atoms with Crippen LogP contribution in [0, 0.1) is 12.7 Å². The Bertz CT molecular complexity index is 1060. The van der Waals surface area contributed by atoms with E-state index in [0.717, 1.165) is 23.2 Å². The lowest BCUT2D eigenvalue weighted by atomic mass is 9.65. The minimum atomic E-state index is -0.420. The van der Waals surface area contributed by atoms with Crippen molar-refractivity contribution in [2.75, 3.05) is 4.90 Å². The van der Waals surface area contributed by atoms with E-state index < -0.39 is 5.54 Å². The maximum Gasteiger partial charge on any atom is 0.258 e. The van der Waals surface area contributed by atoms with Crippen molar-refractivity contribution in [3.05, 3.63) is 101 Å². The van der Waals surface area contributed by atoms with E-state index in [2.05, 4.69) is 63.2 Å². The van der Waals surface area contributed by atoms with Gasteiger partial charge in [0.25, 0.3) is 5.91 Å². The van der Waals surface area contributed by atoms with Gasteiger partial charge in [-0.15, -0.1) is 0 Å². The van der Waals surface area contributed by atoms with Crippen LogP contribution in [0.3, 0.4) is 0 Å². The van der Waals surface area contributed by atoms with Crippen LogP contribution in [0.1, 0.15) is 54.2 Å². The topological polar surface area (TPSA) is 20.3 Å². The highest BCUT2D eigenvalue weighted by molar-refractivity contribution is 6.08. The lowest BCUT2D eigenvalue weighted by molar-refractivity contribution is 0.0948. The lowest BCUT2D eigenvalue weighted by Crippen LogP contribution is -2.55. The van der Waals surface area contributed by atoms with Crippen molar-refractivity contribution in [3.63, 3.8) is 0 Å². The van der Waals surface area contributed by atoms with Crippen LogP contribution in [0.4, 0.5) is 10.1 Å². The van der Waals surface area contributed by atoms with Gasteiger partial charge in [-0.1, -0.05) is 49.4 Å². The Hall–Kier alpha value is -2.94. The molecule has 3 heteroatoms. The van der Waals surface area contributed by atoms with E-state index >= 15 is 0 Å². The molecule has 0 saturated carbocycles. The van der Waals surface area contributed by atoms with E-state index in [4.69, 9.17) is 0 Å². The predicted octanol–water partition coefficient (Wildman–Crippen LogP) is 6.27. The van der Waals surface area contributed by atoms with Crippen molar-refractivity contribution < 1.29 is 9.18 Å². The number of anilines is 1. The lowest BCUT2D eigenvalue weighted by Gasteiger charge is -2.51.